The number of anilines is 1. The lowest BCUT2D eigenvalue weighted by molar-refractivity contribution is -0.228. The zero-order chi connectivity index (χ0) is 31.8. The van der Waals surface area contributed by atoms with Crippen molar-refractivity contribution in [3.63, 3.8) is 0 Å². The molecule has 1 aliphatic heterocycles. The van der Waals surface area contributed by atoms with E-state index in [4.69, 9.17) is 19.9 Å². The molecule has 4 heterocycles. The SMILES string of the molecule is CC1(C)[C@H](CC(=O)/C(=N\O[C@H](COc2ccc3nc(CC4CCC4)cn3c2)C(=O)O)c2csc(N)n2)C(=O)N1OS(=O)(=O)O. The molecular formula is C26H30N6O10S2. The molecule has 3 aromatic rings. The highest BCUT2D eigenvalue weighted by Crippen LogP contribution is 2.40. The maximum atomic E-state index is 13.3. The number of aliphatic carboxylic acids is 1. The van der Waals surface area contributed by atoms with Crippen LogP contribution in [0.2, 0.25) is 0 Å². The van der Waals surface area contributed by atoms with Gasteiger partial charge in [-0.1, -0.05) is 24.4 Å². The summed E-state index contributed by atoms with van der Waals surface area (Å²) in [5.41, 5.74) is 5.69. The van der Waals surface area contributed by atoms with Crippen LogP contribution in [0.4, 0.5) is 5.13 Å². The van der Waals surface area contributed by atoms with E-state index in [1.165, 1.54) is 38.5 Å². The van der Waals surface area contributed by atoms with Gasteiger partial charge in [-0.25, -0.2) is 14.8 Å². The quantitative estimate of drug-likeness (QED) is 0.0982. The van der Waals surface area contributed by atoms with Gasteiger partial charge in [0.15, 0.2) is 16.6 Å². The zero-order valence-electron chi connectivity index (χ0n) is 23.7. The molecule has 0 spiro atoms. The molecule has 1 amide bonds. The number of rotatable bonds is 14. The van der Waals surface area contributed by atoms with Crippen LogP contribution < -0.4 is 10.5 Å². The third-order valence-electron chi connectivity index (χ3n) is 7.61. The molecule has 1 saturated heterocycles. The number of nitrogens with two attached hydrogens (primary N) is 1. The van der Waals surface area contributed by atoms with E-state index < -0.39 is 64.4 Å². The Balaban J connectivity index is 1.27. The first-order valence-electron chi connectivity index (χ1n) is 13.5. The predicted molar refractivity (Wildman–Crippen MR) is 154 cm³/mol. The van der Waals surface area contributed by atoms with E-state index in [-0.39, 0.29) is 10.8 Å². The Hall–Kier alpha value is -4.13. The molecule has 2 aliphatic rings. The van der Waals surface area contributed by atoms with Crippen molar-refractivity contribution in [3.05, 3.63) is 41.3 Å². The number of hydrogen-bond acceptors (Lipinski definition) is 13. The molecule has 0 bridgehead atoms. The zero-order valence-corrected chi connectivity index (χ0v) is 25.3. The fourth-order valence-corrected chi connectivity index (χ4v) is 5.92. The molecule has 4 N–H and O–H groups in total. The van der Waals surface area contributed by atoms with Gasteiger partial charge >= 0.3 is 16.4 Å². The number of aromatic nitrogens is 3. The number of imidazole rings is 1. The molecule has 1 saturated carbocycles. The average molecular weight is 651 g/mol. The standard InChI is InChI=1S/C26H30N6O10S2/c1-26(2)17(23(34)32(26)42-44(37,38)39)9-19(33)22(18-13-43-25(27)29-18)30-41-20(24(35)36)12-40-16-6-7-21-28-15(10-31(21)11-16)8-14-4-3-5-14/h6-7,10-11,13-14,17,20H,3-5,8-9,12H2,1-2H3,(H2,27,29)(H,35,36)(H,37,38,39)/b30-22-/t17-,20-/m1/s1. The minimum absolute atomic E-state index is 0.0126. The van der Waals surface area contributed by atoms with Crippen LogP contribution in [0, 0.1) is 11.8 Å². The molecule has 3 aromatic heterocycles. The molecule has 16 nitrogen and oxygen atoms in total. The number of nitrogens with zero attached hydrogens (tertiary/aromatic N) is 5. The minimum atomic E-state index is -4.98. The number of carbonyl (C=O) groups excluding carboxylic acids is 2. The second-order valence-electron chi connectivity index (χ2n) is 11.1. The summed E-state index contributed by atoms with van der Waals surface area (Å²) >= 11 is 0.994. The van der Waals surface area contributed by atoms with E-state index in [0.717, 1.165) is 29.1 Å². The second-order valence-corrected chi connectivity index (χ2v) is 13.0. The number of hydroxylamine groups is 2. The van der Waals surface area contributed by atoms with Gasteiger partial charge in [-0.05, 0) is 38.3 Å². The summed E-state index contributed by atoms with van der Waals surface area (Å²) < 4.78 is 42.9. The number of carboxylic acids is 1. The number of hydrogen-bond donors (Lipinski definition) is 3. The maximum absolute atomic E-state index is 13.3. The number of fused-ring (bicyclic) bond motifs is 1. The topological polar surface area (TPSA) is 225 Å². The van der Waals surface area contributed by atoms with E-state index >= 15 is 0 Å². The minimum Gasteiger partial charge on any atom is -0.487 e. The summed E-state index contributed by atoms with van der Waals surface area (Å²) in [7, 11) is -4.98. The van der Waals surface area contributed by atoms with E-state index in [1.807, 2.05) is 6.20 Å². The Kier molecular flexibility index (Phi) is 8.61. The Labute approximate surface area is 255 Å². The third-order valence-corrected chi connectivity index (χ3v) is 8.62. The summed E-state index contributed by atoms with van der Waals surface area (Å²) in [4.78, 5) is 51.7. The number of ketones is 1. The lowest BCUT2D eigenvalue weighted by atomic mass is 9.74. The second kappa shape index (κ2) is 12.1. The van der Waals surface area contributed by atoms with Crippen molar-refractivity contribution in [3.8, 4) is 5.75 Å². The first-order valence-corrected chi connectivity index (χ1v) is 15.8. The van der Waals surface area contributed by atoms with E-state index in [0.29, 0.717) is 16.7 Å². The van der Waals surface area contributed by atoms with Crippen LogP contribution in [0.3, 0.4) is 0 Å². The monoisotopic (exact) mass is 650 g/mol. The predicted octanol–water partition coefficient (Wildman–Crippen LogP) is 1.90. The summed E-state index contributed by atoms with van der Waals surface area (Å²) in [5.74, 6) is -3.11. The van der Waals surface area contributed by atoms with Gasteiger partial charge in [0.25, 0.3) is 12.0 Å². The Bertz CT molecular complexity index is 1730. The fourth-order valence-electron chi connectivity index (χ4n) is 4.92. The maximum Gasteiger partial charge on any atom is 0.418 e. The molecule has 44 heavy (non-hydrogen) atoms. The van der Waals surface area contributed by atoms with Gasteiger partial charge in [0.2, 0.25) is 0 Å². The summed E-state index contributed by atoms with van der Waals surface area (Å²) in [6.45, 7) is 2.39. The molecular weight excluding hydrogens is 620 g/mol. The Morgan fingerprint density at radius 2 is 2.00 bits per heavy atom. The van der Waals surface area contributed by atoms with Crippen LogP contribution in [0.5, 0.6) is 5.75 Å². The van der Waals surface area contributed by atoms with Crippen molar-refractivity contribution in [2.45, 2.75) is 57.6 Å². The molecule has 0 unspecified atom stereocenters. The first-order chi connectivity index (χ1) is 20.7. The van der Waals surface area contributed by atoms with Gasteiger partial charge in [-0.3, -0.25) is 14.1 Å². The number of pyridine rings is 1. The molecule has 0 radical (unpaired) electrons. The number of carboxylic acid groups (broad SMARTS) is 1. The number of oxime groups is 1. The van der Waals surface area contributed by atoms with Crippen LogP contribution in [0.1, 0.15) is 50.9 Å². The fraction of sp³-hybridized carbons (Fsp3) is 0.462. The number of carbonyl (C=O) groups is 3. The molecule has 2 atom stereocenters. The number of β-lactam (4-membered cyclic amide) rings is 1. The van der Waals surface area contributed by atoms with Crippen molar-refractivity contribution in [2.24, 2.45) is 17.0 Å². The highest BCUT2D eigenvalue weighted by molar-refractivity contribution is 7.80. The smallest absolute Gasteiger partial charge is 0.418 e. The lowest BCUT2D eigenvalue weighted by Gasteiger charge is -2.50. The van der Waals surface area contributed by atoms with E-state index in [1.54, 1.807) is 22.7 Å². The van der Waals surface area contributed by atoms with Gasteiger partial charge < -0.3 is 24.8 Å². The van der Waals surface area contributed by atoms with Gasteiger partial charge in [-0.15, -0.1) is 15.6 Å². The number of ether oxygens (including phenoxy) is 1. The van der Waals surface area contributed by atoms with Crippen LogP contribution in [-0.4, -0.2) is 79.1 Å². The van der Waals surface area contributed by atoms with Crippen molar-refractivity contribution in [1.29, 1.82) is 0 Å². The van der Waals surface area contributed by atoms with Gasteiger partial charge in [0.1, 0.15) is 23.7 Å². The van der Waals surface area contributed by atoms with Gasteiger partial charge in [0, 0.05) is 18.0 Å². The average Bonchev–Trinajstić information content (AvgIpc) is 3.54. The van der Waals surface area contributed by atoms with Crippen molar-refractivity contribution in [2.75, 3.05) is 12.3 Å². The Morgan fingerprint density at radius 1 is 1.25 bits per heavy atom. The number of Topliss-reactive ketones (excluding diaryl/α,β-unsaturated/α-hetero) is 1. The van der Waals surface area contributed by atoms with Crippen molar-refractivity contribution < 1.29 is 46.3 Å². The van der Waals surface area contributed by atoms with Gasteiger partial charge in [-0.2, -0.15) is 13.5 Å². The summed E-state index contributed by atoms with van der Waals surface area (Å²) in [6.07, 6.45) is 6.01. The van der Waals surface area contributed by atoms with Crippen LogP contribution in [-0.2, 0) is 40.3 Å². The highest BCUT2D eigenvalue weighted by atomic mass is 32.3. The third kappa shape index (κ3) is 6.82. The molecule has 0 aromatic carbocycles. The van der Waals surface area contributed by atoms with E-state index in [2.05, 4.69) is 19.4 Å². The normalized spacial score (nSPS) is 19.3. The number of thiazole rings is 1. The molecule has 2 fully saturated rings. The molecule has 18 heteroatoms. The van der Waals surface area contributed by atoms with Crippen LogP contribution in [0.25, 0.3) is 5.65 Å². The highest BCUT2D eigenvalue weighted by Gasteiger charge is 2.57. The number of nitrogen functional groups attached to an aromatic ring is 1. The molecule has 5 rings (SSSR count). The van der Waals surface area contributed by atoms with Gasteiger partial charge in [0.05, 0.1) is 23.3 Å². The lowest BCUT2D eigenvalue weighted by Crippen LogP contribution is -2.68. The van der Waals surface area contributed by atoms with Crippen LogP contribution >= 0.6 is 11.3 Å². The van der Waals surface area contributed by atoms with Crippen molar-refractivity contribution >= 4 is 55.9 Å². The first kappa shape index (κ1) is 31.3. The van der Waals surface area contributed by atoms with Crippen LogP contribution in [0.15, 0.2) is 35.1 Å². The Morgan fingerprint density at radius 3 is 2.59 bits per heavy atom. The summed E-state index contributed by atoms with van der Waals surface area (Å²) in [5, 5.41) is 15.5. The largest absolute Gasteiger partial charge is 0.487 e. The number of amides is 1. The van der Waals surface area contributed by atoms with Crippen molar-refractivity contribution in [1.82, 2.24) is 19.4 Å². The molecule has 1 aliphatic carbocycles. The molecule has 236 valence electrons. The summed E-state index contributed by atoms with van der Waals surface area (Å²) in [6, 6.07) is 3.40. The van der Waals surface area contributed by atoms with E-state index in [9.17, 15) is 27.9 Å².